The van der Waals surface area contributed by atoms with E-state index in [1.165, 1.54) is 0 Å². The maximum Gasteiger partial charge on any atom is 0.116 e. The molecule has 1 unspecified atom stereocenters. The fraction of sp³-hybridized carbons (Fsp3) is 0.308. The van der Waals surface area contributed by atoms with Gasteiger partial charge in [0.1, 0.15) is 5.75 Å². The van der Waals surface area contributed by atoms with Crippen molar-refractivity contribution in [3.8, 4) is 16.9 Å². The Kier molecular flexibility index (Phi) is 3.15. The number of hydrogen-bond donors (Lipinski definition) is 2. The first-order valence-electron chi connectivity index (χ1n) is 5.64. The van der Waals surface area contributed by atoms with Gasteiger partial charge in [-0.3, -0.25) is 4.68 Å². The number of phenolic OH excluding ortho intramolecular Hbond substituents is 1. The Morgan fingerprint density at radius 1 is 1.47 bits per heavy atom. The Labute approximate surface area is 101 Å². The predicted octanol–water partition coefficient (Wildman–Crippen LogP) is 1.68. The van der Waals surface area contributed by atoms with Crippen LogP contribution in [0.25, 0.3) is 11.1 Å². The van der Waals surface area contributed by atoms with Gasteiger partial charge in [0.25, 0.3) is 0 Å². The molecular formula is C13H17N3O. The normalized spacial score (nSPS) is 12.6. The number of nitrogens with two attached hydrogens (primary N) is 1. The second-order valence-electron chi connectivity index (χ2n) is 4.36. The van der Waals surface area contributed by atoms with Gasteiger partial charge in [-0.25, -0.2) is 0 Å². The van der Waals surface area contributed by atoms with E-state index in [4.69, 9.17) is 5.73 Å². The number of phenols is 1. The predicted molar refractivity (Wildman–Crippen MR) is 67.7 cm³/mol. The van der Waals surface area contributed by atoms with Crippen molar-refractivity contribution in [2.45, 2.75) is 19.4 Å². The Bertz CT molecular complexity index is 517. The molecule has 0 bridgehead atoms. The summed E-state index contributed by atoms with van der Waals surface area (Å²) in [5.74, 6) is 0.262. The van der Waals surface area contributed by atoms with E-state index in [0.29, 0.717) is 0 Å². The van der Waals surface area contributed by atoms with Crippen molar-refractivity contribution in [3.05, 3.63) is 36.2 Å². The average Bonchev–Trinajstić information content (AvgIpc) is 2.60. The van der Waals surface area contributed by atoms with Crippen molar-refractivity contribution >= 4 is 0 Å². The largest absolute Gasteiger partial charge is 0.508 e. The van der Waals surface area contributed by atoms with Crippen LogP contribution in [0.2, 0.25) is 0 Å². The van der Waals surface area contributed by atoms with E-state index >= 15 is 0 Å². The van der Waals surface area contributed by atoms with Crippen LogP contribution in [0.15, 0.2) is 30.5 Å². The molecule has 2 rings (SSSR count). The maximum atomic E-state index is 9.50. The fourth-order valence-corrected chi connectivity index (χ4v) is 1.92. The summed E-state index contributed by atoms with van der Waals surface area (Å²) in [5.41, 5.74) is 8.92. The summed E-state index contributed by atoms with van der Waals surface area (Å²) in [5, 5.41) is 13.8. The highest BCUT2D eigenvalue weighted by Crippen LogP contribution is 2.26. The SMILES string of the molecule is CC(N)Cc1c(-c2cccc(O)c2)cnn1C. The third-order valence-corrected chi connectivity index (χ3v) is 2.73. The average molecular weight is 231 g/mol. The molecule has 90 valence electrons. The highest BCUT2D eigenvalue weighted by molar-refractivity contribution is 5.66. The highest BCUT2D eigenvalue weighted by atomic mass is 16.3. The molecule has 0 saturated carbocycles. The third kappa shape index (κ3) is 2.47. The van der Waals surface area contributed by atoms with Gasteiger partial charge in [0.05, 0.1) is 6.20 Å². The van der Waals surface area contributed by atoms with Crippen molar-refractivity contribution in [2.24, 2.45) is 12.8 Å². The van der Waals surface area contributed by atoms with E-state index in [1.54, 1.807) is 12.1 Å². The molecule has 0 aliphatic heterocycles. The van der Waals surface area contributed by atoms with Crippen molar-refractivity contribution in [1.29, 1.82) is 0 Å². The highest BCUT2D eigenvalue weighted by Gasteiger charge is 2.12. The lowest BCUT2D eigenvalue weighted by molar-refractivity contribution is 0.475. The van der Waals surface area contributed by atoms with Gasteiger partial charge in [0.2, 0.25) is 0 Å². The van der Waals surface area contributed by atoms with Crippen molar-refractivity contribution in [1.82, 2.24) is 9.78 Å². The van der Waals surface area contributed by atoms with Crippen molar-refractivity contribution in [3.63, 3.8) is 0 Å². The van der Waals surface area contributed by atoms with E-state index < -0.39 is 0 Å². The Balaban J connectivity index is 2.45. The molecule has 4 nitrogen and oxygen atoms in total. The number of rotatable bonds is 3. The van der Waals surface area contributed by atoms with Crippen LogP contribution in [0.5, 0.6) is 5.75 Å². The van der Waals surface area contributed by atoms with Gasteiger partial charge in [-0.2, -0.15) is 5.10 Å². The van der Waals surface area contributed by atoms with E-state index in [0.717, 1.165) is 23.2 Å². The Hall–Kier alpha value is -1.81. The van der Waals surface area contributed by atoms with E-state index in [2.05, 4.69) is 5.10 Å². The Morgan fingerprint density at radius 2 is 2.24 bits per heavy atom. The Morgan fingerprint density at radius 3 is 2.88 bits per heavy atom. The zero-order valence-electron chi connectivity index (χ0n) is 10.1. The number of aromatic nitrogens is 2. The molecule has 0 fully saturated rings. The molecule has 0 saturated heterocycles. The number of aryl methyl sites for hydroxylation is 1. The minimum atomic E-state index is 0.0847. The minimum Gasteiger partial charge on any atom is -0.508 e. The second-order valence-corrected chi connectivity index (χ2v) is 4.36. The molecule has 0 aliphatic carbocycles. The smallest absolute Gasteiger partial charge is 0.116 e. The summed E-state index contributed by atoms with van der Waals surface area (Å²) >= 11 is 0. The van der Waals surface area contributed by atoms with Crippen LogP contribution in [0.1, 0.15) is 12.6 Å². The van der Waals surface area contributed by atoms with Crippen LogP contribution in [0.4, 0.5) is 0 Å². The lowest BCUT2D eigenvalue weighted by Crippen LogP contribution is -2.20. The molecule has 17 heavy (non-hydrogen) atoms. The standard InChI is InChI=1S/C13H17N3O/c1-9(14)6-13-12(8-15-16(13)2)10-4-3-5-11(17)7-10/h3-5,7-9,17H,6,14H2,1-2H3. The summed E-state index contributed by atoms with van der Waals surface area (Å²) < 4.78 is 1.84. The van der Waals surface area contributed by atoms with Crippen molar-refractivity contribution in [2.75, 3.05) is 0 Å². The molecule has 2 aromatic rings. The number of hydrogen-bond acceptors (Lipinski definition) is 3. The number of nitrogens with zero attached hydrogens (tertiary/aromatic N) is 2. The summed E-state index contributed by atoms with van der Waals surface area (Å²) in [6.07, 6.45) is 2.58. The van der Waals surface area contributed by atoms with Gasteiger partial charge >= 0.3 is 0 Å². The first kappa shape index (κ1) is 11.7. The fourth-order valence-electron chi connectivity index (χ4n) is 1.92. The molecule has 0 radical (unpaired) electrons. The van der Waals surface area contributed by atoms with Crippen LogP contribution < -0.4 is 5.73 Å². The van der Waals surface area contributed by atoms with Gasteiger partial charge in [-0.05, 0) is 24.6 Å². The topological polar surface area (TPSA) is 64.1 Å². The van der Waals surface area contributed by atoms with Crippen LogP contribution in [0, 0.1) is 0 Å². The first-order chi connectivity index (χ1) is 8.08. The zero-order valence-corrected chi connectivity index (χ0v) is 10.1. The first-order valence-corrected chi connectivity index (χ1v) is 5.64. The van der Waals surface area contributed by atoms with Gasteiger partial charge in [-0.1, -0.05) is 12.1 Å². The lowest BCUT2D eigenvalue weighted by atomic mass is 10.0. The van der Waals surface area contributed by atoms with Crippen LogP contribution in [0.3, 0.4) is 0 Å². The van der Waals surface area contributed by atoms with E-state index in [-0.39, 0.29) is 11.8 Å². The van der Waals surface area contributed by atoms with Crippen LogP contribution in [-0.4, -0.2) is 20.9 Å². The maximum absolute atomic E-state index is 9.50. The molecule has 0 aliphatic rings. The summed E-state index contributed by atoms with van der Waals surface area (Å²) in [7, 11) is 1.91. The second kappa shape index (κ2) is 4.59. The summed E-state index contributed by atoms with van der Waals surface area (Å²) in [6, 6.07) is 7.27. The molecule has 1 aromatic carbocycles. The van der Waals surface area contributed by atoms with E-state index in [9.17, 15) is 5.11 Å². The van der Waals surface area contributed by atoms with Crippen LogP contribution >= 0.6 is 0 Å². The molecule has 1 heterocycles. The summed E-state index contributed by atoms with van der Waals surface area (Å²) in [6.45, 7) is 1.97. The quantitative estimate of drug-likeness (QED) is 0.844. The van der Waals surface area contributed by atoms with E-state index in [1.807, 2.05) is 37.0 Å². The molecular weight excluding hydrogens is 214 g/mol. The molecule has 0 amide bonds. The third-order valence-electron chi connectivity index (χ3n) is 2.73. The minimum absolute atomic E-state index is 0.0847. The zero-order chi connectivity index (χ0) is 12.4. The lowest BCUT2D eigenvalue weighted by Gasteiger charge is -2.09. The molecule has 0 spiro atoms. The molecule has 1 aromatic heterocycles. The van der Waals surface area contributed by atoms with Gasteiger partial charge in [-0.15, -0.1) is 0 Å². The van der Waals surface area contributed by atoms with Gasteiger partial charge in [0, 0.05) is 30.8 Å². The monoisotopic (exact) mass is 231 g/mol. The van der Waals surface area contributed by atoms with Crippen molar-refractivity contribution < 1.29 is 5.11 Å². The molecule has 1 atom stereocenters. The van der Waals surface area contributed by atoms with Gasteiger partial charge in [0.15, 0.2) is 0 Å². The molecule has 4 heteroatoms. The molecule has 3 N–H and O–H groups in total. The van der Waals surface area contributed by atoms with Gasteiger partial charge < -0.3 is 10.8 Å². The number of benzene rings is 1. The summed E-state index contributed by atoms with van der Waals surface area (Å²) in [4.78, 5) is 0. The van der Waals surface area contributed by atoms with Crippen LogP contribution in [-0.2, 0) is 13.5 Å². The number of aromatic hydroxyl groups is 1.